The first-order valence-corrected chi connectivity index (χ1v) is 6.84. The zero-order valence-corrected chi connectivity index (χ0v) is 11.4. The zero-order chi connectivity index (χ0) is 14.6. The fourth-order valence-corrected chi connectivity index (χ4v) is 3.04. The molecule has 0 spiro atoms. The minimum atomic E-state index is 0.702. The Bertz CT molecular complexity index is 1010. The molecule has 0 aliphatic rings. The van der Waals surface area contributed by atoms with Gasteiger partial charge in [0, 0.05) is 33.2 Å². The molecule has 0 atom stereocenters. The van der Waals surface area contributed by atoms with Crippen molar-refractivity contribution >= 4 is 49.4 Å². The quantitative estimate of drug-likeness (QED) is 0.336. The molecule has 0 heterocycles. The van der Waals surface area contributed by atoms with E-state index in [0.717, 1.165) is 38.0 Å². The number of rotatable bonds is 0. The number of benzene rings is 4. The highest BCUT2D eigenvalue weighted by Gasteiger charge is 2.09. The summed E-state index contributed by atoms with van der Waals surface area (Å²) in [6.07, 6.45) is 0. The van der Waals surface area contributed by atoms with Gasteiger partial charge in [0.2, 0.25) is 0 Å². The van der Waals surface area contributed by atoms with Gasteiger partial charge in [0.15, 0.2) is 0 Å². The summed E-state index contributed by atoms with van der Waals surface area (Å²) in [6.45, 7) is 0. The molecule has 4 aromatic rings. The molecule has 0 saturated heterocycles. The van der Waals surface area contributed by atoms with Gasteiger partial charge in [0.05, 0.1) is 0 Å². The molecule has 3 heteroatoms. The minimum absolute atomic E-state index is 0.702. The summed E-state index contributed by atoms with van der Waals surface area (Å²) >= 11 is 0. The Labute approximate surface area is 121 Å². The molecule has 0 radical (unpaired) electrons. The van der Waals surface area contributed by atoms with Gasteiger partial charge in [-0.05, 0) is 46.5 Å². The number of hydrogen-bond acceptors (Lipinski definition) is 3. The van der Waals surface area contributed by atoms with Crippen molar-refractivity contribution < 1.29 is 0 Å². The fourth-order valence-electron chi connectivity index (χ4n) is 3.04. The third kappa shape index (κ3) is 1.61. The summed E-state index contributed by atoms with van der Waals surface area (Å²) in [4.78, 5) is 0. The summed E-state index contributed by atoms with van der Waals surface area (Å²) in [7, 11) is 0. The number of fused-ring (bicyclic) bond motifs is 3. The molecule has 0 saturated carbocycles. The molecular formula is C18H15N3. The first-order valence-electron chi connectivity index (χ1n) is 6.84. The largest absolute Gasteiger partial charge is 0.398 e. The van der Waals surface area contributed by atoms with E-state index < -0.39 is 0 Å². The third-order valence-corrected chi connectivity index (χ3v) is 4.08. The third-order valence-electron chi connectivity index (χ3n) is 4.08. The van der Waals surface area contributed by atoms with E-state index in [9.17, 15) is 0 Å². The summed E-state index contributed by atoms with van der Waals surface area (Å²) in [5, 5.41) is 6.20. The van der Waals surface area contributed by atoms with Gasteiger partial charge in [-0.3, -0.25) is 0 Å². The molecule has 0 amide bonds. The Balaban J connectivity index is 2.26. The molecule has 6 N–H and O–H groups in total. The van der Waals surface area contributed by atoms with Crippen LogP contribution in [-0.4, -0.2) is 0 Å². The van der Waals surface area contributed by atoms with E-state index >= 15 is 0 Å². The Morgan fingerprint density at radius 1 is 0.571 bits per heavy atom. The number of hydrogen-bond donors (Lipinski definition) is 3. The number of nitrogen functional groups attached to an aromatic ring is 3. The van der Waals surface area contributed by atoms with Gasteiger partial charge >= 0.3 is 0 Å². The maximum absolute atomic E-state index is 6.38. The average molecular weight is 273 g/mol. The summed E-state index contributed by atoms with van der Waals surface area (Å²) in [5.41, 5.74) is 20.7. The van der Waals surface area contributed by atoms with Crippen LogP contribution < -0.4 is 17.2 Å². The van der Waals surface area contributed by atoms with Gasteiger partial charge in [0.25, 0.3) is 0 Å². The number of nitrogens with two attached hydrogens (primary N) is 3. The average Bonchev–Trinajstić information content (AvgIpc) is 2.46. The molecule has 102 valence electrons. The normalized spacial score (nSPS) is 11.4. The molecule has 21 heavy (non-hydrogen) atoms. The first-order chi connectivity index (χ1) is 10.1. The van der Waals surface area contributed by atoms with Gasteiger partial charge in [-0.1, -0.05) is 24.3 Å². The van der Waals surface area contributed by atoms with E-state index in [0.29, 0.717) is 11.4 Å². The van der Waals surface area contributed by atoms with Gasteiger partial charge < -0.3 is 17.2 Å². The lowest BCUT2D eigenvalue weighted by atomic mass is 9.96. The van der Waals surface area contributed by atoms with Crippen LogP contribution in [0.2, 0.25) is 0 Å². The maximum atomic E-state index is 6.38. The standard InChI is InChI=1S/C18H15N3/c19-15-5-1-3-10-7-12-8-11-4-2-6-16(20)17(11)18(21)14(12)9-13(10)15/h1-9H,19-21H2. The van der Waals surface area contributed by atoms with Crippen molar-refractivity contribution in [1.29, 1.82) is 0 Å². The molecule has 0 aliphatic heterocycles. The Hall–Kier alpha value is -2.94. The van der Waals surface area contributed by atoms with Gasteiger partial charge in [-0.15, -0.1) is 0 Å². The Morgan fingerprint density at radius 2 is 1.24 bits per heavy atom. The second-order valence-corrected chi connectivity index (χ2v) is 5.38. The topological polar surface area (TPSA) is 78.1 Å². The smallest absolute Gasteiger partial charge is 0.0494 e. The van der Waals surface area contributed by atoms with E-state index in [1.54, 1.807) is 0 Å². The lowest BCUT2D eigenvalue weighted by molar-refractivity contribution is 1.73. The molecule has 0 unspecified atom stereocenters. The van der Waals surface area contributed by atoms with Crippen LogP contribution in [0.15, 0.2) is 54.6 Å². The molecule has 0 fully saturated rings. The van der Waals surface area contributed by atoms with Crippen LogP contribution in [0.25, 0.3) is 32.3 Å². The molecule has 4 aromatic carbocycles. The van der Waals surface area contributed by atoms with Crippen LogP contribution in [0, 0.1) is 0 Å². The molecule has 3 nitrogen and oxygen atoms in total. The van der Waals surface area contributed by atoms with Gasteiger partial charge in [0.1, 0.15) is 0 Å². The van der Waals surface area contributed by atoms with Crippen LogP contribution in [0.5, 0.6) is 0 Å². The van der Waals surface area contributed by atoms with Crippen molar-refractivity contribution in [3.63, 3.8) is 0 Å². The Kier molecular flexibility index (Phi) is 2.27. The highest BCUT2D eigenvalue weighted by atomic mass is 14.6. The molecule has 0 aromatic heterocycles. The van der Waals surface area contributed by atoms with Crippen molar-refractivity contribution in [2.75, 3.05) is 17.2 Å². The first kappa shape index (κ1) is 11.9. The van der Waals surface area contributed by atoms with Crippen LogP contribution in [0.1, 0.15) is 0 Å². The van der Waals surface area contributed by atoms with Crippen molar-refractivity contribution in [3.05, 3.63) is 54.6 Å². The molecule has 0 aliphatic carbocycles. The second kappa shape index (κ2) is 4.03. The van der Waals surface area contributed by atoms with E-state index in [-0.39, 0.29) is 0 Å². The van der Waals surface area contributed by atoms with Crippen molar-refractivity contribution in [2.45, 2.75) is 0 Å². The van der Waals surface area contributed by atoms with E-state index in [2.05, 4.69) is 24.3 Å². The predicted octanol–water partition coefficient (Wildman–Crippen LogP) is 3.89. The summed E-state index contributed by atoms with van der Waals surface area (Å²) in [5.74, 6) is 0. The molecular weight excluding hydrogens is 258 g/mol. The SMILES string of the molecule is Nc1cccc2cc3cc4cccc(N)c4c(N)c3cc12. The molecule has 0 bridgehead atoms. The van der Waals surface area contributed by atoms with Crippen molar-refractivity contribution in [2.24, 2.45) is 0 Å². The summed E-state index contributed by atoms with van der Waals surface area (Å²) < 4.78 is 0. The van der Waals surface area contributed by atoms with Gasteiger partial charge in [-0.2, -0.15) is 0 Å². The second-order valence-electron chi connectivity index (χ2n) is 5.38. The molecule has 4 rings (SSSR count). The van der Waals surface area contributed by atoms with Gasteiger partial charge in [-0.25, -0.2) is 0 Å². The fraction of sp³-hybridized carbons (Fsp3) is 0. The lowest BCUT2D eigenvalue weighted by Crippen LogP contribution is -1.95. The van der Waals surface area contributed by atoms with Crippen molar-refractivity contribution in [3.8, 4) is 0 Å². The summed E-state index contributed by atoms with van der Waals surface area (Å²) in [6, 6.07) is 18.1. The lowest BCUT2D eigenvalue weighted by Gasteiger charge is -2.11. The van der Waals surface area contributed by atoms with Crippen LogP contribution in [-0.2, 0) is 0 Å². The van der Waals surface area contributed by atoms with Crippen molar-refractivity contribution in [1.82, 2.24) is 0 Å². The highest BCUT2D eigenvalue weighted by molar-refractivity contribution is 6.17. The van der Waals surface area contributed by atoms with E-state index in [1.807, 2.05) is 30.3 Å². The van der Waals surface area contributed by atoms with E-state index in [4.69, 9.17) is 17.2 Å². The van der Waals surface area contributed by atoms with E-state index in [1.165, 1.54) is 0 Å². The monoisotopic (exact) mass is 273 g/mol. The van der Waals surface area contributed by atoms with Crippen LogP contribution in [0.4, 0.5) is 17.1 Å². The van der Waals surface area contributed by atoms with Crippen LogP contribution >= 0.6 is 0 Å². The minimum Gasteiger partial charge on any atom is -0.398 e. The predicted molar refractivity (Wildman–Crippen MR) is 92.2 cm³/mol. The highest BCUT2D eigenvalue weighted by Crippen LogP contribution is 2.37. The number of anilines is 3. The zero-order valence-electron chi connectivity index (χ0n) is 11.4. The van der Waals surface area contributed by atoms with Crippen LogP contribution in [0.3, 0.4) is 0 Å². The Morgan fingerprint density at radius 3 is 2.05 bits per heavy atom. The maximum Gasteiger partial charge on any atom is 0.0494 e.